The Kier molecular flexibility index (Phi) is 9.18. The number of aliphatic carboxylic acids is 1. The largest absolute Gasteiger partial charge is 0.493 e. The van der Waals surface area contributed by atoms with Gasteiger partial charge in [-0.15, -0.1) is 0 Å². The Morgan fingerprint density at radius 2 is 1.82 bits per heavy atom. The summed E-state index contributed by atoms with van der Waals surface area (Å²) in [4.78, 5) is 22.5. The highest BCUT2D eigenvalue weighted by atomic mass is 16.5. The molecular weight excluding hydrogens is 508 g/mol. The van der Waals surface area contributed by atoms with Crippen molar-refractivity contribution >= 4 is 34.5 Å². The van der Waals surface area contributed by atoms with E-state index >= 15 is 0 Å². The van der Waals surface area contributed by atoms with Crippen molar-refractivity contribution in [2.45, 2.75) is 13.0 Å². The number of hydrogen-bond acceptors (Lipinski definition) is 8. The van der Waals surface area contributed by atoms with Crippen molar-refractivity contribution < 1.29 is 24.1 Å². The number of carbonyl (C=O) groups is 1. The van der Waals surface area contributed by atoms with Gasteiger partial charge in [0.15, 0.2) is 0 Å². The fourth-order valence-electron chi connectivity index (χ4n) is 4.42. The van der Waals surface area contributed by atoms with E-state index in [0.29, 0.717) is 35.9 Å². The molecule has 0 amide bonds. The standard InChI is InChI=1S/C31H32N4O5/c36-30(37)12-7-24-19-27-28(20-29(24)39-16-4-13-35-14-17-38-18-15-35)32-22-33-31(27)34-25-8-10-26(11-9-25)40-21-23-5-2-1-3-6-23/h1-3,5-12,19-20,22H,4,13-18,21H2,(H,36,37)(H,32,33,34). The molecule has 1 aliphatic heterocycles. The fourth-order valence-corrected chi connectivity index (χ4v) is 4.42. The summed E-state index contributed by atoms with van der Waals surface area (Å²) in [6, 6.07) is 21.3. The maximum atomic E-state index is 11.3. The summed E-state index contributed by atoms with van der Waals surface area (Å²) < 4.78 is 17.4. The van der Waals surface area contributed by atoms with Gasteiger partial charge in [-0.1, -0.05) is 30.3 Å². The molecule has 3 aromatic carbocycles. The van der Waals surface area contributed by atoms with E-state index in [2.05, 4.69) is 20.2 Å². The van der Waals surface area contributed by atoms with Crippen LogP contribution in [0.3, 0.4) is 0 Å². The molecule has 40 heavy (non-hydrogen) atoms. The van der Waals surface area contributed by atoms with Crippen LogP contribution >= 0.6 is 0 Å². The Morgan fingerprint density at radius 3 is 2.60 bits per heavy atom. The Bertz CT molecular complexity index is 1440. The zero-order chi connectivity index (χ0) is 27.6. The number of hydrogen-bond donors (Lipinski definition) is 2. The van der Waals surface area contributed by atoms with Crippen LogP contribution in [0.4, 0.5) is 11.5 Å². The van der Waals surface area contributed by atoms with Crippen LogP contribution in [0.2, 0.25) is 0 Å². The van der Waals surface area contributed by atoms with E-state index in [1.54, 1.807) is 0 Å². The van der Waals surface area contributed by atoms with Crippen molar-refractivity contribution in [3.8, 4) is 11.5 Å². The SMILES string of the molecule is O=C(O)C=Cc1cc2c(Nc3ccc(OCc4ccccc4)cc3)ncnc2cc1OCCCN1CCOCC1. The van der Waals surface area contributed by atoms with Crippen LogP contribution in [-0.4, -0.2) is 65.4 Å². The number of carboxylic acid groups (broad SMARTS) is 1. The van der Waals surface area contributed by atoms with Crippen molar-refractivity contribution in [3.63, 3.8) is 0 Å². The van der Waals surface area contributed by atoms with E-state index in [0.717, 1.165) is 67.7 Å². The second kappa shape index (κ2) is 13.5. The van der Waals surface area contributed by atoms with Gasteiger partial charge < -0.3 is 24.6 Å². The lowest BCUT2D eigenvalue weighted by Gasteiger charge is -2.26. The van der Waals surface area contributed by atoms with Crippen LogP contribution in [0.5, 0.6) is 11.5 Å². The van der Waals surface area contributed by atoms with Crippen molar-refractivity contribution in [2.24, 2.45) is 0 Å². The van der Waals surface area contributed by atoms with Gasteiger partial charge in [-0.25, -0.2) is 14.8 Å². The van der Waals surface area contributed by atoms with E-state index < -0.39 is 5.97 Å². The number of carboxylic acids is 1. The molecule has 1 aromatic heterocycles. The van der Waals surface area contributed by atoms with Crippen molar-refractivity contribution in [2.75, 3.05) is 44.8 Å². The predicted molar refractivity (Wildman–Crippen MR) is 154 cm³/mol. The molecule has 1 aliphatic rings. The Labute approximate surface area is 233 Å². The van der Waals surface area contributed by atoms with Gasteiger partial charge in [-0.05, 0) is 48.4 Å². The minimum Gasteiger partial charge on any atom is -0.493 e. The van der Waals surface area contributed by atoms with Crippen molar-refractivity contribution in [1.29, 1.82) is 0 Å². The molecular formula is C31H32N4O5. The van der Waals surface area contributed by atoms with Crippen LogP contribution < -0.4 is 14.8 Å². The summed E-state index contributed by atoms with van der Waals surface area (Å²) >= 11 is 0. The fraction of sp³-hybridized carbons (Fsp3) is 0.258. The van der Waals surface area contributed by atoms with Gasteiger partial charge in [0, 0.05) is 48.4 Å². The third-order valence-corrected chi connectivity index (χ3v) is 6.52. The number of nitrogens with zero attached hydrogens (tertiary/aromatic N) is 3. The van der Waals surface area contributed by atoms with Crippen LogP contribution in [-0.2, 0) is 16.1 Å². The molecule has 0 aliphatic carbocycles. The number of morpholine rings is 1. The molecule has 2 N–H and O–H groups in total. The highest BCUT2D eigenvalue weighted by Crippen LogP contribution is 2.31. The van der Waals surface area contributed by atoms with E-state index in [1.807, 2.05) is 66.7 Å². The summed E-state index contributed by atoms with van der Waals surface area (Å²) in [6.07, 6.45) is 4.99. The Hall–Kier alpha value is -4.47. The molecule has 206 valence electrons. The first-order valence-electron chi connectivity index (χ1n) is 13.3. The maximum absolute atomic E-state index is 11.3. The smallest absolute Gasteiger partial charge is 0.328 e. The molecule has 9 heteroatoms. The topological polar surface area (TPSA) is 106 Å². The lowest BCUT2D eigenvalue weighted by molar-refractivity contribution is -0.131. The predicted octanol–water partition coefficient (Wildman–Crippen LogP) is 5.15. The molecule has 0 unspecified atom stereocenters. The van der Waals surface area contributed by atoms with E-state index in [1.165, 1.54) is 12.4 Å². The molecule has 9 nitrogen and oxygen atoms in total. The molecule has 0 saturated carbocycles. The first-order chi connectivity index (χ1) is 19.6. The summed E-state index contributed by atoms with van der Waals surface area (Å²) in [7, 11) is 0. The first-order valence-corrected chi connectivity index (χ1v) is 13.3. The number of rotatable bonds is 12. The second-order valence-electron chi connectivity index (χ2n) is 9.38. The molecule has 0 bridgehead atoms. The van der Waals surface area contributed by atoms with Crippen molar-refractivity contribution in [1.82, 2.24) is 14.9 Å². The summed E-state index contributed by atoms with van der Waals surface area (Å²) in [5, 5.41) is 13.3. The Balaban J connectivity index is 1.29. The lowest BCUT2D eigenvalue weighted by Crippen LogP contribution is -2.37. The number of benzene rings is 3. The third-order valence-electron chi connectivity index (χ3n) is 6.52. The second-order valence-corrected chi connectivity index (χ2v) is 9.38. The van der Waals surface area contributed by atoms with Gasteiger partial charge in [-0.3, -0.25) is 4.90 Å². The quantitative estimate of drug-likeness (QED) is 0.186. The first kappa shape index (κ1) is 27.1. The zero-order valence-electron chi connectivity index (χ0n) is 22.2. The number of anilines is 2. The molecule has 0 radical (unpaired) electrons. The molecule has 0 atom stereocenters. The highest BCUT2D eigenvalue weighted by Gasteiger charge is 2.13. The van der Waals surface area contributed by atoms with Gasteiger partial charge in [0.25, 0.3) is 0 Å². The molecule has 1 fully saturated rings. The molecule has 4 aromatic rings. The van der Waals surface area contributed by atoms with Gasteiger partial charge in [0.2, 0.25) is 0 Å². The number of fused-ring (bicyclic) bond motifs is 1. The zero-order valence-corrected chi connectivity index (χ0v) is 22.2. The van der Waals surface area contributed by atoms with Gasteiger partial charge >= 0.3 is 5.97 Å². The Morgan fingerprint density at radius 1 is 1.02 bits per heavy atom. The minimum atomic E-state index is -1.03. The lowest BCUT2D eigenvalue weighted by atomic mass is 10.1. The summed E-state index contributed by atoms with van der Waals surface area (Å²) in [6.45, 7) is 5.30. The minimum absolute atomic E-state index is 0.494. The average Bonchev–Trinajstić information content (AvgIpc) is 2.99. The van der Waals surface area contributed by atoms with Crippen LogP contribution in [0, 0.1) is 0 Å². The van der Waals surface area contributed by atoms with Gasteiger partial charge in [0.1, 0.15) is 30.3 Å². The van der Waals surface area contributed by atoms with E-state index in [4.69, 9.17) is 14.2 Å². The number of nitrogens with one attached hydrogen (secondary N) is 1. The van der Waals surface area contributed by atoms with Crippen LogP contribution in [0.25, 0.3) is 17.0 Å². The molecule has 0 spiro atoms. The average molecular weight is 541 g/mol. The molecule has 2 heterocycles. The van der Waals surface area contributed by atoms with Gasteiger partial charge in [0.05, 0.1) is 25.3 Å². The molecule has 1 saturated heterocycles. The maximum Gasteiger partial charge on any atom is 0.328 e. The highest BCUT2D eigenvalue weighted by molar-refractivity contribution is 5.95. The van der Waals surface area contributed by atoms with Gasteiger partial charge in [-0.2, -0.15) is 0 Å². The number of aromatic nitrogens is 2. The summed E-state index contributed by atoms with van der Waals surface area (Å²) in [5.41, 5.74) is 3.27. The van der Waals surface area contributed by atoms with Crippen molar-refractivity contribution in [3.05, 3.63) is 90.3 Å². The third kappa shape index (κ3) is 7.56. The monoisotopic (exact) mass is 540 g/mol. The van der Waals surface area contributed by atoms with Crippen LogP contribution in [0.15, 0.2) is 79.1 Å². The normalized spacial score (nSPS) is 13.9. The number of ether oxygens (including phenoxy) is 3. The van der Waals surface area contributed by atoms with Crippen LogP contribution in [0.1, 0.15) is 17.5 Å². The summed E-state index contributed by atoms with van der Waals surface area (Å²) in [5.74, 6) is 0.914. The van der Waals surface area contributed by atoms with E-state index in [9.17, 15) is 9.90 Å². The molecule has 5 rings (SSSR count). The van der Waals surface area contributed by atoms with E-state index in [-0.39, 0.29) is 0 Å².